The van der Waals surface area contributed by atoms with Gasteiger partial charge in [-0.1, -0.05) is 11.6 Å². The maximum Gasteiger partial charge on any atom is 0.280 e. The number of likely N-dealkylation sites (N-methyl/N-ethyl adjacent to an activating group) is 1. The molecule has 0 unspecified atom stereocenters. The summed E-state index contributed by atoms with van der Waals surface area (Å²) in [4.78, 5) is 49.7. The lowest BCUT2D eigenvalue weighted by Crippen LogP contribution is -2.55. The first kappa shape index (κ1) is 24.7. The van der Waals surface area contributed by atoms with E-state index in [1.54, 1.807) is 25.2 Å². The van der Waals surface area contributed by atoms with Gasteiger partial charge in [0.25, 0.3) is 11.8 Å². The van der Waals surface area contributed by atoms with Crippen LogP contribution in [0.15, 0.2) is 24.3 Å². The number of hydrogen-bond acceptors (Lipinski definition) is 6. The monoisotopic (exact) mass is 528 g/mol. The fourth-order valence-electron chi connectivity index (χ4n) is 5.07. The van der Waals surface area contributed by atoms with Crippen LogP contribution in [0.3, 0.4) is 0 Å². The zero-order valence-electron chi connectivity index (χ0n) is 20.2. The maximum atomic E-state index is 13.2. The number of H-pyrrole nitrogens is 1. The summed E-state index contributed by atoms with van der Waals surface area (Å²) in [6, 6.07) is 6.40. The first-order valence-corrected chi connectivity index (χ1v) is 13.3. The molecule has 0 radical (unpaired) electrons. The molecule has 0 saturated heterocycles. The number of hydrogen-bond donors (Lipinski definition) is 4. The van der Waals surface area contributed by atoms with Gasteiger partial charge in [-0.2, -0.15) is 0 Å². The highest BCUT2D eigenvalue weighted by Crippen LogP contribution is 2.28. The van der Waals surface area contributed by atoms with Gasteiger partial charge in [0.2, 0.25) is 5.91 Å². The van der Waals surface area contributed by atoms with E-state index in [0.29, 0.717) is 35.0 Å². The molecule has 3 amide bonds. The van der Waals surface area contributed by atoms with Gasteiger partial charge in [-0.05, 0) is 50.6 Å². The summed E-state index contributed by atoms with van der Waals surface area (Å²) in [7, 11) is 3.67. The second-order valence-electron chi connectivity index (χ2n) is 9.58. The highest BCUT2D eigenvalue weighted by Gasteiger charge is 2.36. The molecule has 9 nitrogen and oxygen atoms in total. The molecule has 1 aliphatic carbocycles. The average Bonchev–Trinajstić information content (AvgIpc) is 3.48. The van der Waals surface area contributed by atoms with Crippen LogP contribution in [-0.4, -0.2) is 65.3 Å². The van der Waals surface area contributed by atoms with E-state index in [-0.39, 0.29) is 29.7 Å². The quantitative estimate of drug-likeness (QED) is 0.406. The van der Waals surface area contributed by atoms with Crippen molar-refractivity contribution in [1.82, 2.24) is 30.8 Å². The molecular formula is C25H29ClN6O3S. The van der Waals surface area contributed by atoms with Crippen LogP contribution in [0.4, 0.5) is 0 Å². The minimum absolute atomic E-state index is 0.0593. The van der Waals surface area contributed by atoms with Gasteiger partial charge in [0, 0.05) is 59.3 Å². The molecule has 1 fully saturated rings. The lowest BCUT2D eigenvalue weighted by Gasteiger charge is -2.36. The summed E-state index contributed by atoms with van der Waals surface area (Å²) in [5.74, 6) is -0.828. The van der Waals surface area contributed by atoms with Crippen molar-refractivity contribution >= 4 is 51.6 Å². The summed E-state index contributed by atoms with van der Waals surface area (Å²) >= 11 is 7.51. The van der Waals surface area contributed by atoms with Crippen molar-refractivity contribution in [2.75, 3.05) is 20.6 Å². The van der Waals surface area contributed by atoms with Gasteiger partial charge in [0.15, 0.2) is 5.01 Å². The highest BCUT2D eigenvalue weighted by atomic mass is 35.5. The van der Waals surface area contributed by atoms with E-state index in [9.17, 15) is 14.4 Å². The molecule has 1 aromatic carbocycles. The number of nitrogens with one attached hydrogen (secondary N) is 4. The van der Waals surface area contributed by atoms with Crippen LogP contribution in [0.2, 0.25) is 5.02 Å². The number of carbonyl (C=O) groups excluding carboxylic acids is 3. The molecular weight excluding hydrogens is 500 g/mol. The Morgan fingerprint density at radius 2 is 1.94 bits per heavy atom. The van der Waals surface area contributed by atoms with Gasteiger partial charge < -0.3 is 25.8 Å². The van der Waals surface area contributed by atoms with Crippen molar-refractivity contribution < 1.29 is 14.4 Å². The van der Waals surface area contributed by atoms with Crippen molar-refractivity contribution in [2.45, 2.75) is 44.3 Å². The normalized spacial score (nSPS) is 22.1. The number of nitrogens with zero attached hydrogens (tertiary/aromatic N) is 2. The summed E-state index contributed by atoms with van der Waals surface area (Å²) in [5, 5.41) is 10.7. The summed E-state index contributed by atoms with van der Waals surface area (Å²) < 4.78 is 0. The molecule has 3 atom stereocenters. The Morgan fingerprint density at radius 3 is 2.75 bits per heavy atom. The molecule has 1 aliphatic heterocycles. The van der Waals surface area contributed by atoms with E-state index >= 15 is 0 Å². The number of amides is 3. The third-order valence-electron chi connectivity index (χ3n) is 7.04. The van der Waals surface area contributed by atoms with E-state index in [0.717, 1.165) is 41.0 Å². The van der Waals surface area contributed by atoms with Crippen LogP contribution in [0.5, 0.6) is 0 Å². The number of carbonyl (C=O) groups is 3. The lowest BCUT2D eigenvalue weighted by atomic mass is 9.81. The molecule has 5 rings (SSSR count). The predicted octanol–water partition coefficient (Wildman–Crippen LogP) is 2.71. The summed E-state index contributed by atoms with van der Waals surface area (Å²) in [6.07, 6.45) is 2.47. The van der Waals surface area contributed by atoms with Gasteiger partial charge in [0.1, 0.15) is 5.69 Å². The maximum absolute atomic E-state index is 13.2. The largest absolute Gasteiger partial charge is 0.359 e. The molecule has 36 heavy (non-hydrogen) atoms. The van der Waals surface area contributed by atoms with Crippen LogP contribution in [-0.2, 0) is 17.8 Å². The minimum Gasteiger partial charge on any atom is -0.359 e. The standard InChI is InChI=1S/C25H29ClN6O3S/c1-27-22(33)13-3-5-17(29-24(35)25-31-18-7-8-32(2)12-21(18)36-25)19(10-13)30-23(34)20-11-14-9-15(26)4-6-16(14)28-20/h4,6,9,11,13,17,19,28H,3,5,7-8,10,12H2,1-2H3,(H,27,33)(H,29,35)(H,30,34)/t13-,17+,19-/m0/s1. The van der Waals surface area contributed by atoms with E-state index in [1.807, 2.05) is 6.07 Å². The third-order valence-corrected chi connectivity index (χ3v) is 8.36. The van der Waals surface area contributed by atoms with Crippen molar-refractivity contribution in [3.63, 3.8) is 0 Å². The summed E-state index contributed by atoms with van der Waals surface area (Å²) in [6.45, 7) is 1.72. The van der Waals surface area contributed by atoms with Crippen LogP contribution in [0.25, 0.3) is 10.9 Å². The number of thiazole rings is 1. The number of aromatic nitrogens is 2. The second kappa shape index (κ2) is 10.2. The number of aromatic amines is 1. The third kappa shape index (κ3) is 5.11. The molecule has 2 aromatic heterocycles. The average molecular weight is 529 g/mol. The number of fused-ring (bicyclic) bond motifs is 2. The van der Waals surface area contributed by atoms with E-state index in [4.69, 9.17) is 11.6 Å². The molecule has 3 heterocycles. The van der Waals surface area contributed by atoms with Crippen molar-refractivity contribution in [3.05, 3.63) is 50.6 Å². The molecule has 4 N–H and O–H groups in total. The Labute approximate surface area is 218 Å². The summed E-state index contributed by atoms with van der Waals surface area (Å²) in [5.41, 5.74) is 2.20. The van der Waals surface area contributed by atoms with Gasteiger partial charge in [-0.15, -0.1) is 11.3 Å². The van der Waals surface area contributed by atoms with Crippen molar-refractivity contribution in [1.29, 1.82) is 0 Å². The molecule has 2 aliphatic rings. The van der Waals surface area contributed by atoms with Gasteiger partial charge in [0.05, 0.1) is 11.7 Å². The zero-order chi connectivity index (χ0) is 25.4. The van der Waals surface area contributed by atoms with Gasteiger partial charge >= 0.3 is 0 Å². The topological polar surface area (TPSA) is 119 Å². The van der Waals surface area contributed by atoms with Crippen LogP contribution >= 0.6 is 22.9 Å². The molecule has 190 valence electrons. The number of halogens is 1. The molecule has 11 heteroatoms. The first-order chi connectivity index (χ1) is 17.3. The molecule has 0 bridgehead atoms. The highest BCUT2D eigenvalue weighted by molar-refractivity contribution is 7.13. The Morgan fingerprint density at radius 1 is 1.14 bits per heavy atom. The van der Waals surface area contributed by atoms with Gasteiger partial charge in [-0.3, -0.25) is 14.4 Å². The predicted molar refractivity (Wildman–Crippen MR) is 139 cm³/mol. The smallest absolute Gasteiger partial charge is 0.280 e. The number of rotatable bonds is 5. The Hall–Kier alpha value is -2.95. The Bertz CT molecular complexity index is 1320. The van der Waals surface area contributed by atoms with E-state index in [2.05, 4.69) is 37.9 Å². The van der Waals surface area contributed by atoms with Crippen molar-refractivity contribution in [2.24, 2.45) is 5.92 Å². The SMILES string of the molecule is CNC(=O)[C@H]1CC[C@@H](NC(=O)c2nc3c(s2)CN(C)CC3)[C@@H](NC(=O)c2cc3cc(Cl)ccc3[nH]2)C1. The molecule has 0 spiro atoms. The van der Waals surface area contributed by atoms with Gasteiger partial charge in [-0.25, -0.2) is 4.98 Å². The fourth-order valence-corrected chi connectivity index (χ4v) is 6.34. The van der Waals surface area contributed by atoms with Crippen LogP contribution in [0, 0.1) is 5.92 Å². The first-order valence-electron chi connectivity index (χ1n) is 12.1. The minimum atomic E-state index is -0.409. The fraction of sp³-hybridized carbons (Fsp3) is 0.440. The molecule has 3 aromatic rings. The van der Waals surface area contributed by atoms with Crippen LogP contribution in [0.1, 0.15) is 50.1 Å². The van der Waals surface area contributed by atoms with E-state index in [1.165, 1.54) is 11.3 Å². The van der Waals surface area contributed by atoms with Crippen LogP contribution < -0.4 is 16.0 Å². The lowest BCUT2D eigenvalue weighted by molar-refractivity contribution is -0.125. The Balaban J connectivity index is 1.33. The zero-order valence-corrected chi connectivity index (χ0v) is 21.8. The van der Waals surface area contributed by atoms with Crippen molar-refractivity contribution in [3.8, 4) is 0 Å². The Kier molecular flexibility index (Phi) is 7.00. The molecule has 1 saturated carbocycles. The number of benzene rings is 1. The second-order valence-corrected chi connectivity index (χ2v) is 11.1. The van der Waals surface area contributed by atoms with E-state index < -0.39 is 6.04 Å².